The average Bonchev–Trinajstić information content (AvgIpc) is 2.34. The van der Waals surface area contributed by atoms with Crippen LogP contribution in [0.1, 0.15) is 30.9 Å². The van der Waals surface area contributed by atoms with Crippen molar-refractivity contribution >= 4 is 10.8 Å². The van der Waals surface area contributed by atoms with Gasteiger partial charge in [-0.2, -0.15) is 0 Å². The fourth-order valence-corrected chi connectivity index (χ4v) is 2.26. The zero-order valence-corrected chi connectivity index (χ0v) is 11.5. The first kappa shape index (κ1) is 15.2. The number of nitrogens with one attached hydrogen (secondary N) is 1. The molecule has 0 aliphatic heterocycles. The fourth-order valence-electron chi connectivity index (χ4n) is 1.58. The standard InChI is InChI=1S/C13H19F2NOS/c1-10(6-7-18(2)17)16-9-11-4-3-5-12(8-11)13(14)15/h3-5,8,10,13,16H,6-7,9H2,1-2H3. The molecular weight excluding hydrogens is 256 g/mol. The molecule has 102 valence electrons. The molecule has 0 radical (unpaired) electrons. The van der Waals surface area contributed by atoms with Gasteiger partial charge in [-0.3, -0.25) is 4.21 Å². The van der Waals surface area contributed by atoms with Crippen LogP contribution in [0.2, 0.25) is 0 Å². The van der Waals surface area contributed by atoms with Gasteiger partial charge in [-0.05, 0) is 25.0 Å². The SMILES string of the molecule is CC(CCS(C)=O)NCc1cccc(C(F)F)c1. The maximum absolute atomic E-state index is 12.5. The molecule has 0 bridgehead atoms. The number of alkyl halides is 2. The van der Waals surface area contributed by atoms with E-state index in [1.165, 1.54) is 12.1 Å². The molecule has 0 aliphatic rings. The molecule has 1 aromatic rings. The molecule has 18 heavy (non-hydrogen) atoms. The Kier molecular flexibility index (Phi) is 6.43. The molecule has 2 atom stereocenters. The van der Waals surface area contributed by atoms with Crippen LogP contribution in [0, 0.1) is 0 Å². The molecule has 2 unspecified atom stereocenters. The van der Waals surface area contributed by atoms with E-state index in [4.69, 9.17) is 0 Å². The van der Waals surface area contributed by atoms with Crippen LogP contribution < -0.4 is 5.32 Å². The summed E-state index contributed by atoms with van der Waals surface area (Å²) in [5.74, 6) is 0.658. The number of benzene rings is 1. The van der Waals surface area contributed by atoms with E-state index in [-0.39, 0.29) is 11.6 Å². The Morgan fingerprint density at radius 3 is 2.72 bits per heavy atom. The summed E-state index contributed by atoms with van der Waals surface area (Å²) in [7, 11) is -0.783. The lowest BCUT2D eigenvalue weighted by Crippen LogP contribution is -2.27. The van der Waals surface area contributed by atoms with Crippen LogP contribution in [-0.2, 0) is 17.3 Å². The summed E-state index contributed by atoms with van der Waals surface area (Å²) in [4.78, 5) is 0. The van der Waals surface area contributed by atoms with Gasteiger partial charge in [0, 0.05) is 41.0 Å². The molecule has 0 aliphatic carbocycles. The first-order valence-electron chi connectivity index (χ1n) is 5.89. The highest BCUT2D eigenvalue weighted by molar-refractivity contribution is 7.84. The Bertz CT molecular complexity index is 398. The molecule has 0 fully saturated rings. The van der Waals surface area contributed by atoms with Crippen molar-refractivity contribution in [1.82, 2.24) is 5.32 Å². The van der Waals surface area contributed by atoms with Crippen LogP contribution in [0.3, 0.4) is 0 Å². The lowest BCUT2D eigenvalue weighted by Gasteiger charge is -2.13. The third kappa shape index (κ3) is 5.69. The van der Waals surface area contributed by atoms with Crippen molar-refractivity contribution in [2.24, 2.45) is 0 Å². The normalized spacial score (nSPS) is 14.7. The summed E-state index contributed by atoms with van der Waals surface area (Å²) in [5, 5.41) is 3.24. The topological polar surface area (TPSA) is 29.1 Å². The Hall–Kier alpha value is -0.810. The quantitative estimate of drug-likeness (QED) is 0.829. The van der Waals surface area contributed by atoms with E-state index in [1.54, 1.807) is 12.3 Å². The zero-order chi connectivity index (χ0) is 13.5. The van der Waals surface area contributed by atoms with Crippen molar-refractivity contribution in [2.45, 2.75) is 32.4 Å². The molecule has 5 heteroatoms. The summed E-state index contributed by atoms with van der Waals surface area (Å²) in [6.07, 6.45) is 0.0705. The van der Waals surface area contributed by atoms with Crippen molar-refractivity contribution < 1.29 is 13.0 Å². The predicted molar refractivity (Wildman–Crippen MR) is 71.3 cm³/mol. The maximum Gasteiger partial charge on any atom is 0.263 e. The lowest BCUT2D eigenvalue weighted by molar-refractivity contribution is 0.151. The molecule has 0 heterocycles. The fraction of sp³-hybridized carbons (Fsp3) is 0.538. The molecule has 1 N–H and O–H groups in total. The van der Waals surface area contributed by atoms with E-state index >= 15 is 0 Å². The van der Waals surface area contributed by atoms with E-state index in [1.807, 2.05) is 13.0 Å². The van der Waals surface area contributed by atoms with Gasteiger partial charge in [0.15, 0.2) is 0 Å². The molecule has 0 spiro atoms. The Morgan fingerprint density at radius 1 is 1.39 bits per heavy atom. The van der Waals surface area contributed by atoms with Gasteiger partial charge in [0.2, 0.25) is 0 Å². The minimum absolute atomic E-state index is 0.0524. The van der Waals surface area contributed by atoms with Crippen molar-refractivity contribution in [3.8, 4) is 0 Å². The van der Waals surface area contributed by atoms with Crippen LogP contribution in [0.5, 0.6) is 0 Å². The minimum atomic E-state index is -2.43. The third-order valence-corrected chi connectivity index (χ3v) is 3.51. The summed E-state index contributed by atoms with van der Waals surface area (Å²) in [6, 6.07) is 6.64. The second-order valence-electron chi connectivity index (χ2n) is 4.39. The highest BCUT2D eigenvalue weighted by Crippen LogP contribution is 2.19. The molecule has 1 aromatic carbocycles. The average molecular weight is 275 g/mol. The molecule has 0 amide bonds. The molecule has 1 rings (SSSR count). The molecule has 0 saturated carbocycles. The van der Waals surface area contributed by atoms with E-state index in [9.17, 15) is 13.0 Å². The van der Waals surface area contributed by atoms with Crippen molar-refractivity contribution in [3.63, 3.8) is 0 Å². The molecule has 0 saturated heterocycles. The summed E-state index contributed by atoms with van der Waals surface area (Å²) >= 11 is 0. The van der Waals surface area contributed by atoms with Crippen molar-refractivity contribution in [1.29, 1.82) is 0 Å². The van der Waals surface area contributed by atoms with Gasteiger partial charge in [0.25, 0.3) is 6.43 Å². The van der Waals surface area contributed by atoms with Crippen molar-refractivity contribution in [3.05, 3.63) is 35.4 Å². The zero-order valence-electron chi connectivity index (χ0n) is 10.7. The van der Waals surface area contributed by atoms with Crippen LogP contribution in [0.4, 0.5) is 8.78 Å². The van der Waals surface area contributed by atoms with Crippen LogP contribution >= 0.6 is 0 Å². The van der Waals surface area contributed by atoms with E-state index in [0.29, 0.717) is 12.3 Å². The highest BCUT2D eigenvalue weighted by Gasteiger charge is 2.08. The number of hydrogen-bond donors (Lipinski definition) is 1. The van der Waals surface area contributed by atoms with Gasteiger partial charge in [-0.1, -0.05) is 18.2 Å². The van der Waals surface area contributed by atoms with Gasteiger partial charge in [0.05, 0.1) is 0 Å². The first-order chi connectivity index (χ1) is 8.49. The van der Waals surface area contributed by atoms with Gasteiger partial charge >= 0.3 is 0 Å². The van der Waals surface area contributed by atoms with Crippen molar-refractivity contribution in [2.75, 3.05) is 12.0 Å². The second-order valence-corrected chi connectivity index (χ2v) is 5.95. The second kappa shape index (κ2) is 7.59. The predicted octanol–water partition coefficient (Wildman–Crippen LogP) is 2.87. The monoisotopic (exact) mass is 275 g/mol. The van der Waals surface area contributed by atoms with Gasteiger partial charge in [0.1, 0.15) is 0 Å². The smallest absolute Gasteiger partial charge is 0.263 e. The van der Waals surface area contributed by atoms with E-state index in [2.05, 4.69) is 5.32 Å². The van der Waals surface area contributed by atoms with Crippen LogP contribution in [0.25, 0.3) is 0 Å². The molecule has 2 nitrogen and oxygen atoms in total. The highest BCUT2D eigenvalue weighted by atomic mass is 32.2. The van der Waals surface area contributed by atoms with Gasteiger partial charge < -0.3 is 5.32 Å². The maximum atomic E-state index is 12.5. The lowest BCUT2D eigenvalue weighted by atomic mass is 10.1. The summed E-state index contributed by atoms with van der Waals surface area (Å²) < 4.78 is 35.9. The van der Waals surface area contributed by atoms with Crippen LogP contribution in [-0.4, -0.2) is 22.3 Å². The molecular formula is C13H19F2NOS. The van der Waals surface area contributed by atoms with Crippen LogP contribution in [0.15, 0.2) is 24.3 Å². The van der Waals surface area contributed by atoms with E-state index in [0.717, 1.165) is 12.0 Å². The largest absolute Gasteiger partial charge is 0.310 e. The Labute approximate surface area is 109 Å². The Morgan fingerprint density at radius 2 is 2.11 bits per heavy atom. The summed E-state index contributed by atoms with van der Waals surface area (Å²) in [6.45, 7) is 2.56. The Balaban J connectivity index is 2.43. The number of hydrogen-bond acceptors (Lipinski definition) is 2. The van der Waals surface area contributed by atoms with Gasteiger partial charge in [-0.25, -0.2) is 8.78 Å². The first-order valence-corrected chi connectivity index (χ1v) is 7.62. The van der Waals surface area contributed by atoms with E-state index < -0.39 is 17.2 Å². The van der Waals surface area contributed by atoms with Gasteiger partial charge in [-0.15, -0.1) is 0 Å². The minimum Gasteiger partial charge on any atom is -0.310 e. The summed E-state index contributed by atoms with van der Waals surface area (Å²) in [5.41, 5.74) is 0.897. The third-order valence-electron chi connectivity index (χ3n) is 2.70. The number of halogens is 2. The number of rotatable bonds is 7. The molecule has 0 aromatic heterocycles.